The van der Waals surface area contributed by atoms with Crippen LogP contribution in [0.4, 0.5) is 4.79 Å². The normalized spacial score (nSPS) is 24.1. The summed E-state index contributed by atoms with van der Waals surface area (Å²) in [5.74, 6) is 0.968. The number of urea groups is 1. The maximum absolute atomic E-state index is 12.9. The van der Waals surface area contributed by atoms with Gasteiger partial charge in [-0.1, -0.05) is 56.9 Å². The van der Waals surface area contributed by atoms with Crippen molar-refractivity contribution in [2.24, 2.45) is 10.1 Å². The molecule has 0 spiro atoms. The zero-order chi connectivity index (χ0) is 21.1. The summed E-state index contributed by atoms with van der Waals surface area (Å²) in [5, 5.41) is 6.67. The summed E-state index contributed by atoms with van der Waals surface area (Å²) in [5.41, 5.74) is 0.958. The maximum Gasteiger partial charge on any atom is 0.416 e. The Morgan fingerprint density at radius 1 is 0.966 bits per heavy atom. The molecule has 0 aromatic rings. The summed E-state index contributed by atoms with van der Waals surface area (Å²) in [4.78, 5) is 32.6. The number of carbonyl (C=O) groups excluding carboxylic acids is 2. The summed E-state index contributed by atoms with van der Waals surface area (Å²) in [6.07, 6.45) is 10.0. The minimum absolute atomic E-state index is 0.0370. The van der Waals surface area contributed by atoms with Gasteiger partial charge in [0.2, 0.25) is 11.9 Å². The number of guanidine groups is 1. The van der Waals surface area contributed by atoms with E-state index in [-0.39, 0.29) is 18.0 Å². The molecule has 0 saturated carbocycles. The third-order valence-corrected chi connectivity index (χ3v) is 6.20. The van der Waals surface area contributed by atoms with Crippen LogP contribution in [0.1, 0.15) is 72.1 Å². The lowest BCUT2D eigenvalue weighted by Crippen LogP contribution is -2.63. The third-order valence-electron chi connectivity index (χ3n) is 6.20. The van der Waals surface area contributed by atoms with Gasteiger partial charge in [-0.2, -0.15) is 0 Å². The number of nitrogens with zero attached hydrogens (tertiary/aromatic N) is 6. The van der Waals surface area contributed by atoms with Gasteiger partial charge < -0.3 is 0 Å². The highest BCUT2D eigenvalue weighted by molar-refractivity contribution is 6.23. The molecule has 0 aliphatic carbocycles. The molecule has 160 valence electrons. The van der Waals surface area contributed by atoms with Gasteiger partial charge in [0.1, 0.15) is 6.04 Å². The molecule has 0 aromatic carbocycles. The van der Waals surface area contributed by atoms with Crippen molar-refractivity contribution in [2.75, 3.05) is 20.6 Å². The molecule has 0 aromatic heterocycles. The lowest BCUT2D eigenvalue weighted by molar-refractivity contribution is -0.559. The fourth-order valence-electron chi connectivity index (χ4n) is 4.20. The van der Waals surface area contributed by atoms with E-state index in [1.807, 2.05) is 23.4 Å². The lowest BCUT2D eigenvalue weighted by atomic mass is 10.1. The Labute approximate surface area is 173 Å². The van der Waals surface area contributed by atoms with E-state index in [2.05, 4.69) is 6.92 Å². The summed E-state index contributed by atoms with van der Waals surface area (Å²) in [6, 6.07) is -0.936. The van der Waals surface area contributed by atoms with Crippen LogP contribution in [0, 0.1) is 0 Å². The molecule has 8 heteroatoms. The number of likely N-dealkylation sites (N-methyl/N-ethyl adjacent to an activating group) is 2. The Hall–Kier alpha value is -2.25. The molecule has 2 unspecified atom stereocenters. The zero-order valence-electron chi connectivity index (χ0n) is 18.5. The topological polar surface area (TPSA) is 71.6 Å². The average molecular weight is 404 g/mol. The van der Waals surface area contributed by atoms with E-state index in [1.165, 1.54) is 61.8 Å². The highest BCUT2D eigenvalue weighted by atomic mass is 16.2. The number of unbranched alkanes of at least 4 members (excludes halogenated alkanes) is 7. The molecule has 3 heterocycles. The van der Waals surface area contributed by atoms with Crippen LogP contribution in [0.3, 0.4) is 0 Å². The van der Waals surface area contributed by atoms with Crippen molar-refractivity contribution in [1.29, 1.82) is 0 Å². The Morgan fingerprint density at radius 2 is 1.59 bits per heavy atom. The van der Waals surface area contributed by atoms with E-state index < -0.39 is 6.04 Å². The third kappa shape index (κ3) is 4.07. The number of hydrazone groups is 1. The molecule has 3 rings (SSSR count). The van der Waals surface area contributed by atoms with Gasteiger partial charge in [0.05, 0.1) is 12.3 Å². The van der Waals surface area contributed by atoms with Crippen LogP contribution in [-0.2, 0) is 4.79 Å². The second-order valence-electron chi connectivity index (χ2n) is 8.33. The van der Waals surface area contributed by atoms with Gasteiger partial charge >= 0.3 is 12.0 Å². The van der Waals surface area contributed by atoms with Gasteiger partial charge in [-0.3, -0.25) is 14.6 Å². The Kier molecular flexibility index (Phi) is 6.70. The van der Waals surface area contributed by atoms with Crippen molar-refractivity contribution in [3.8, 4) is 0 Å². The first-order valence-electron chi connectivity index (χ1n) is 11.0. The predicted molar refractivity (Wildman–Crippen MR) is 114 cm³/mol. The van der Waals surface area contributed by atoms with Crippen molar-refractivity contribution >= 4 is 29.4 Å². The van der Waals surface area contributed by atoms with Crippen LogP contribution in [0.2, 0.25) is 0 Å². The Morgan fingerprint density at radius 3 is 2.24 bits per heavy atom. The van der Waals surface area contributed by atoms with E-state index in [4.69, 9.17) is 10.1 Å². The van der Waals surface area contributed by atoms with Crippen LogP contribution >= 0.6 is 0 Å². The van der Waals surface area contributed by atoms with Crippen LogP contribution in [-0.4, -0.2) is 81.6 Å². The number of hydrogen-bond acceptors (Lipinski definition) is 5. The van der Waals surface area contributed by atoms with Crippen LogP contribution in [0.25, 0.3) is 0 Å². The average Bonchev–Trinajstić information content (AvgIpc) is 3.11. The summed E-state index contributed by atoms with van der Waals surface area (Å²) >= 11 is 0. The van der Waals surface area contributed by atoms with E-state index >= 15 is 0 Å². The highest BCUT2D eigenvalue weighted by Crippen LogP contribution is 2.25. The number of hydrogen-bond donors (Lipinski definition) is 0. The fourth-order valence-corrected chi connectivity index (χ4v) is 4.20. The van der Waals surface area contributed by atoms with Gasteiger partial charge in [-0.15, -0.1) is 10.1 Å². The Bertz CT molecular complexity index is 756. The lowest BCUT2D eigenvalue weighted by Gasteiger charge is -2.33. The summed E-state index contributed by atoms with van der Waals surface area (Å²) < 4.78 is 2.02. The van der Waals surface area contributed by atoms with E-state index in [9.17, 15) is 9.59 Å². The van der Waals surface area contributed by atoms with E-state index in [1.54, 1.807) is 7.05 Å². The summed E-state index contributed by atoms with van der Waals surface area (Å²) in [7, 11) is 3.21. The van der Waals surface area contributed by atoms with Crippen molar-refractivity contribution in [2.45, 2.75) is 84.2 Å². The molecule has 1 saturated heterocycles. The molecule has 0 radical (unpaired) electrons. The zero-order valence-corrected chi connectivity index (χ0v) is 18.5. The fraction of sp³-hybridized carbons (Fsp3) is 0.762. The predicted octanol–water partition coefficient (Wildman–Crippen LogP) is 2.88. The van der Waals surface area contributed by atoms with Crippen molar-refractivity contribution in [1.82, 2.24) is 14.8 Å². The van der Waals surface area contributed by atoms with Gasteiger partial charge in [0, 0.05) is 14.1 Å². The molecule has 1 fully saturated rings. The van der Waals surface area contributed by atoms with Crippen LogP contribution < -0.4 is 0 Å². The van der Waals surface area contributed by atoms with Gasteiger partial charge in [0.25, 0.3) is 5.91 Å². The molecule has 2 atom stereocenters. The number of rotatable bonds is 9. The smallest absolute Gasteiger partial charge is 0.270 e. The standard InChI is InChI=1S/C21H35N6O2/c1-6-7-8-9-10-11-12-13-14-26-20-22-18-17(27(20)16(3)15(2)23-26)19(28)25(5)21(29)24(18)4/h16-17H,6-14H2,1-5H3/q+1. The van der Waals surface area contributed by atoms with Crippen molar-refractivity contribution < 1.29 is 14.2 Å². The number of imide groups is 1. The number of amides is 3. The number of fused-ring (bicyclic) bond motifs is 2. The Balaban J connectivity index is 1.67. The molecule has 8 nitrogen and oxygen atoms in total. The first kappa shape index (κ1) is 21.5. The highest BCUT2D eigenvalue weighted by Gasteiger charge is 2.55. The number of carbonyl (C=O) groups is 2. The number of amidine groups is 1. The molecule has 0 N–H and O–H groups in total. The molecule has 29 heavy (non-hydrogen) atoms. The van der Waals surface area contributed by atoms with Crippen LogP contribution in [0.15, 0.2) is 10.1 Å². The SMILES string of the molecule is CCCCCCCCCCN1N=C(C)C(C)[N+]2=C1N=C1C2C(=O)N(C)C(=O)N1C. The van der Waals surface area contributed by atoms with Crippen molar-refractivity contribution in [3.63, 3.8) is 0 Å². The van der Waals surface area contributed by atoms with Crippen LogP contribution in [0.5, 0.6) is 0 Å². The second kappa shape index (κ2) is 9.05. The molecule has 3 aliphatic heterocycles. The molecule has 3 aliphatic rings. The summed E-state index contributed by atoms with van der Waals surface area (Å²) in [6.45, 7) is 7.04. The molecular formula is C21H35N6O2+. The minimum atomic E-state index is -0.556. The monoisotopic (exact) mass is 403 g/mol. The second-order valence-corrected chi connectivity index (χ2v) is 8.33. The minimum Gasteiger partial charge on any atom is -0.270 e. The molecule has 3 amide bonds. The van der Waals surface area contributed by atoms with Crippen molar-refractivity contribution in [3.05, 3.63) is 0 Å². The van der Waals surface area contributed by atoms with E-state index in [0.717, 1.165) is 18.7 Å². The maximum atomic E-state index is 12.9. The van der Waals surface area contributed by atoms with Gasteiger partial charge in [0.15, 0.2) is 0 Å². The van der Waals surface area contributed by atoms with E-state index in [0.29, 0.717) is 11.8 Å². The largest absolute Gasteiger partial charge is 0.416 e. The van der Waals surface area contributed by atoms with Gasteiger partial charge in [-0.25, -0.2) is 9.37 Å². The quantitative estimate of drug-likeness (QED) is 0.439. The molecule has 0 bridgehead atoms. The first-order chi connectivity index (χ1) is 13.9. The molecular weight excluding hydrogens is 368 g/mol. The first-order valence-corrected chi connectivity index (χ1v) is 11.0. The van der Waals surface area contributed by atoms with Gasteiger partial charge in [-0.05, 0) is 20.3 Å². The number of aliphatic imine (C=N–C) groups is 1.